The summed E-state index contributed by atoms with van der Waals surface area (Å²) in [5.74, 6) is 0.00235. The Bertz CT molecular complexity index is 692. The second-order valence-corrected chi connectivity index (χ2v) is 7.51. The number of quaternary nitrogens is 1. The highest BCUT2D eigenvalue weighted by Gasteiger charge is 2.52. The Labute approximate surface area is 148 Å². The second kappa shape index (κ2) is 6.64. The van der Waals surface area contributed by atoms with Crippen LogP contribution in [0.5, 0.6) is 0 Å². The Kier molecular flexibility index (Phi) is 4.34. The molecule has 2 N–H and O–H groups in total. The lowest BCUT2D eigenvalue weighted by Gasteiger charge is -2.31. The van der Waals surface area contributed by atoms with Gasteiger partial charge in [0.2, 0.25) is 0 Å². The van der Waals surface area contributed by atoms with Crippen molar-refractivity contribution in [2.75, 3.05) is 19.8 Å². The lowest BCUT2D eigenvalue weighted by Crippen LogP contribution is -3.14. The summed E-state index contributed by atoms with van der Waals surface area (Å²) in [5.41, 5.74) is 2.04. The molecule has 1 aromatic carbocycles. The van der Waals surface area contributed by atoms with E-state index in [4.69, 9.17) is 0 Å². The van der Waals surface area contributed by atoms with E-state index in [0.29, 0.717) is 6.67 Å². The quantitative estimate of drug-likeness (QED) is 0.821. The third-order valence-electron chi connectivity index (χ3n) is 5.86. The minimum atomic E-state index is -0.602. The Balaban J connectivity index is 1.41. The van der Waals surface area contributed by atoms with Crippen LogP contribution in [0.3, 0.4) is 0 Å². The fourth-order valence-corrected chi connectivity index (χ4v) is 4.38. The van der Waals surface area contributed by atoms with Gasteiger partial charge in [0.05, 0.1) is 13.1 Å². The van der Waals surface area contributed by atoms with E-state index in [1.54, 1.807) is 0 Å². The van der Waals surface area contributed by atoms with Crippen LogP contribution in [0.15, 0.2) is 36.4 Å². The van der Waals surface area contributed by atoms with Gasteiger partial charge in [-0.3, -0.25) is 4.79 Å². The first-order valence-electron chi connectivity index (χ1n) is 9.40. The van der Waals surface area contributed by atoms with Crippen LogP contribution in [0.1, 0.15) is 44.1 Å². The zero-order valence-corrected chi connectivity index (χ0v) is 14.6. The van der Waals surface area contributed by atoms with Crippen molar-refractivity contribution in [3.05, 3.63) is 42.0 Å². The van der Waals surface area contributed by atoms with Gasteiger partial charge in [0, 0.05) is 6.42 Å². The van der Waals surface area contributed by atoms with Crippen LogP contribution in [0.2, 0.25) is 0 Å². The van der Waals surface area contributed by atoms with Crippen molar-refractivity contribution in [2.24, 2.45) is 0 Å². The molecule has 1 aliphatic carbocycles. The number of carbonyl (C=O) groups excluding carboxylic acids is 2. The molecule has 2 aliphatic heterocycles. The average Bonchev–Trinajstić information content (AvgIpc) is 2.88. The van der Waals surface area contributed by atoms with E-state index in [-0.39, 0.29) is 11.9 Å². The standard InChI is InChI=1S/C20H25N3O2/c24-18-20(11-5-2-6-12-20)21-19(25)23(18)15-22-13-9-17(10-14-22)16-7-3-1-4-8-16/h1,3-4,7-9H,2,5-6,10-15H2,(H,21,25)/p+1. The summed E-state index contributed by atoms with van der Waals surface area (Å²) in [4.78, 5) is 28.0. The molecule has 1 saturated heterocycles. The van der Waals surface area contributed by atoms with Gasteiger partial charge in [-0.15, -0.1) is 0 Å². The maximum Gasteiger partial charge on any atom is 0.329 e. The topological polar surface area (TPSA) is 53.9 Å². The van der Waals surface area contributed by atoms with E-state index in [1.165, 1.54) is 20.9 Å². The molecule has 4 rings (SSSR count). The van der Waals surface area contributed by atoms with Gasteiger partial charge in [0.25, 0.3) is 5.91 Å². The number of nitrogens with one attached hydrogen (secondary N) is 2. The van der Waals surface area contributed by atoms with Gasteiger partial charge in [-0.2, -0.15) is 0 Å². The summed E-state index contributed by atoms with van der Waals surface area (Å²) in [5, 5.41) is 3.00. The molecule has 5 nitrogen and oxygen atoms in total. The van der Waals surface area contributed by atoms with E-state index >= 15 is 0 Å². The van der Waals surface area contributed by atoms with E-state index in [0.717, 1.165) is 51.6 Å². The fraction of sp³-hybridized carbons (Fsp3) is 0.500. The number of hydrogen-bond donors (Lipinski definition) is 2. The summed E-state index contributed by atoms with van der Waals surface area (Å²) in [6, 6.07) is 10.2. The Morgan fingerprint density at radius 3 is 2.52 bits per heavy atom. The molecule has 3 aliphatic rings. The van der Waals surface area contributed by atoms with Gasteiger partial charge in [-0.1, -0.05) is 49.6 Å². The van der Waals surface area contributed by atoms with Crippen molar-refractivity contribution in [1.82, 2.24) is 10.2 Å². The minimum Gasteiger partial charge on any atom is -0.323 e. The number of rotatable bonds is 3. The number of nitrogens with zero attached hydrogens (tertiary/aromatic N) is 1. The van der Waals surface area contributed by atoms with Crippen LogP contribution in [0.4, 0.5) is 4.79 Å². The minimum absolute atomic E-state index is 0.00235. The zero-order chi connectivity index (χ0) is 17.3. The number of carbonyl (C=O) groups is 2. The molecule has 1 saturated carbocycles. The van der Waals surface area contributed by atoms with Gasteiger partial charge in [0.15, 0.2) is 6.67 Å². The smallest absolute Gasteiger partial charge is 0.323 e. The number of urea groups is 1. The molecule has 1 aromatic rings. The van der Waals surface area contributed by atoms with E-state index in [9.17, 15) is 9.59 Å². The lowest BCUT2D eigenvalue weighted by molar-refractivity contribution is -0.902. The summed E-state index contributed by atoms with van der Waals surface area (Å²) < 4.78 is 0. The first-order valence-corrected chi connectivity index (χ1v) is 9.40. The molecular formula is C20H26N3O2+. The summed E-state index contributed by atoms with van der Waals surface area (Å²) in [6.07, 6.45) is 8.04. The maximum absolute atomic E-state index is 12.9. The van der Waals surface area contributed by atoms with Gasteiger partial charge in [0.1, 0.15) is 5.54 Å². The molecule has 5 heteroatoms. The second-order valence-electron chi connectivity index (χ2n) is 7.51. The molecule has 25 heavy (non-hydrogen) atoms. The highest BCUT2D eigenvalue weighted by molar-refractivity contribution is 6.06. The summed E-state index contributed by atoms with van der Waals surface area (Å²) in [7, 11) is 0. The molecule has 3 amide bonds. The molecule has 1 atom stereocenters. The average molecular weight is 340 g/mol. The molecule has 0 bridgehead atoms. The molecule has 2 heterocycles. The van der Waals surface area contributed by atoms with Gasteiger partial charge >= 0.3 is 6.03 Å². The number of imide groups is 1. The van der Waals surface area contributed by atoms with Crippen molar-refractivity contribution in [2.45, 2.75) is 44.1 Å². The van der Waals surface area contributed by atoms with Crippen LogP contribution in [0.25, 0.3) is 5.57 Å². The third-order valence-corrected chi connectivity index (χ3v) is 5.86. The van der Waals surface area contributed by atoms with E-state index in [2.05, 4.69) is 35.7 Å². The van der Waals surface area contributed by atoms with Crippen molar-refractivity contribution in [3.8, 4) is 0 Å². The number of amides is 3. The van der Waals surface area contributed by atoms with Crippen LogP contribution in [-0.4, -0.2) is 42.1 Å². The zero-order valence-electron chi connectivity index (χ0n) is 14.6. The Hall–Kier alpha value is -2.14. The molecule has 132 valence electrons. The third kappa shape index (κ3) is 3.09. The van der Waals surface area contributed by atoms with Crippen LogP contribution in [-0.2, 0) is 4.79 Å². The molecule has 0 aromatic heterocycles. The highest BCUT2D eigenvalue weighted by Crippen LogP contribution is 2.33. The Morgan fingerprint density at radius 2 is 1.84 bits per heavy atom. The van der Waals surface area contributed by atoms with E-state index in [1.807, 2.05) is 6.07 Å². The largest absolute Gasteiger partial charge is 0.329 e. The molecule has 1 unspecified atom stereocenters. The van der Waals surface area contributed by atoms with Gasteiger partial charge in [-0.05, 0) is 30.1 Å². The fourth-order valence-electron chi connectivity index (χ4n) is 4.38. The van der Waals surface area contributed by atoms with Crippen molar-refractivity contribution >= 4 is 17.5 Å². The lowest BCUT2D eigenvalue weighted by atomic mass is 9.82. The predicted octanol–water partition coefficient (Wildman–Crippen LogP) is 1.57. The number of benzene rings is 1. The molecule has 2 fully saturated rings. The molecular weight excluding hydrogens is 314 g/mol. The van der Waals surface area contributed by atoms with Crippen LogP contribution in [0, 0.1) is 0 Å². The van der Waals surface area contributed by atoms with E-state index < -0.39 is 5.54 Å². The van der Waals surface area contributed by atoms with Crippen molar-refractivity contribution < 1.29 is 14.5 Å². The summed E-state index contributed by atoms with van der Waals surface area (Å²) >= 11 is 0. The van der Waals surface area contributed by atoms with Crippen LogP contribution < -0.4 is 10.2 Å². The number of hydrogen-bond acceptors (Lipinski definition) is 2. The van der Waals surface area contributed by atoms with Gasteiger partial charge in [-0.25, -0.2) is 9.69 Å². The van der Waals surface area contributed by atoms with Crippen molar-refractivity contribution in [1.29, 1.82) is 0 Å². The van der Waals surface area contributed by atoms with Crippen molar-refractivity contribution in [3.63, 3.8) is 0 Å². The highest BCUT2D eigenvalue weighted by atomic mass is 16.2. The SMILES string of the molecule is O=C1NC2(CCCCC2)C(=O)N1C[NH+]1CC=C(c2ccccc2)CC1. The Morgan fingerprint density at radius 1 is 1.08 bits per heavy atom. The predicted molar refractivity (Wildman–Crippen MR) is 95.8 cm³/mol. The first-order chi connectivity index (χ1) is 12.2. The van der Waals surface area contributed by atoms with Crippen LogP contribution >= 0.6 is 0 Å². The van der Waals surface area contributed by atoms with Gasteiger partial charge < -0.3 is 10.2 Å². The summed E-state index contributed by atoms with van der Waals surface area (Å²) in [6.45, 7) is 2.28. The molecule has 0 radical (unpaired) electrons. The first kappa shape index (κ1) is 16.3. The maximum atomic E-state index is 12.9. The normalized spacial score (nSPS) is 25.8. The molecule has 1 spiro atoms. The monoisotopic (exact) mass is 340 g/mol.